The molecule has 0 spiro atoms. The highest BCUT2D eigenvalue weighted by Crippen LogP contribution is 2.15. The molecule has 1 atom stereocenters. The molecule has 1 heterocycles. The van der Waals surface area contributed by atoms with Crippen LogP contribution in [0, 0.1) is 12.0 Å². The molecule has 0 amide bonds. The van der Waals surface area contributed by atoms with Gasteiger partial charge in [-0.1, -0.05) is 19.1 Å². The molecule has 13 heavy (non-hydrogen) atoms. The molecule has 67 valence electrons. The zero-order chi connectivity index (χ0) is 9.10. The van der Waals surface area contributed by atoms with Crippen molar-refractivity contribution < 1.29 is 0 Å². The van der Waals surface area contributed by atoms with Crippen molar-refractivity contribution in [2.45, 2.75) is 13.3 Å². The lowest BCUT2D eigenvalue weighted by Gasteiger charge is -2.02. The predicted molar refractivity (Wildman–Crippen MR) is 54.2 cm³/mol. The van der Waals surface area contributed by atoms with Crippen molar-refractivity contribution in [2.24, 2.45) is 10.9 Å². The van der Waals surface area contributed by atoms with Gasteiger partial charge in [-0.15, -0.1) is 0 Å². The molecular weight excluding hydrogens is 160 g/mol. The average molecular weight is 173 g/mol. The first kappa shape index (κ1) is 8.30. The van der Waals surface area contributed by atoms with Crippen LogP contribution in [-0.2, 0) is 0 Å². The molecule has 1 fully saturated rings. The summed E-state index contributed by atoms with van der Waals surface area (Å²) in [5.41, 5.74) is 0.985. The van der Waals surface area contributed by atoms with Gasteiger partial charge in [-0.2, -0.15) is 0 Å². The second-order valence-corrected chi connectivity index (χ2v) is 3.38. The Labute approximate surface area is 78.7 Å². The molecule has 2 rings (SSSR count). The van der Waals surface area contributed by atoms with Crippen LogP contribution in [0.25, 0.3) is 0 Å². The van der Waals surface area contributed by atoms with Crippen LogP contribution in [0.2, 0.25) is 0 Å². The number of benzene rings is 1. The highest BCUT2D eigenvalue weighted by Gasteiger charge is 2.16. The summed E-state index contributed by atoms with van der Waals surface area (Å²) in [6.07, 6.45) is 1.19. The Kier molecular flexibility index (Phi) is 2.30. The van der Waals surface area contributed by atoms with Gasteiger partial charge in [-0.05, 0) is 24.6 Å². The van der Waals surface area contributed by atoms with Gasteiger partial charge < -0.3 is 5.32 Å². The normalized spacial score (nSPS) is 24.7. The fourth-order valence-electron chi connectivity index (χ4n) is 1.47. The zero-order valence-electron chi connectivity index (χ0n) is 7.75. The van der Waals surface area contributed by atoms with Crippen LogP contribution in [0.3, 0.4) is 0 Å². The minimum absolute atomic E-state index is 0.570. The largest absolute Gasteiger partial charge is 0.373 e. The average Bonchev–Trinajstić information content (AvgIpc) is 2.54. The first-order chi connectivity index (χ1) is 6.36. The van der Waals surface area contributed by atoms with Crippen molar-refractivity contribution in [1.82, 2.24) is 5.32 Å². The van der Waals surface area contributed by atoms with Gasteiger partial charge in [0, 0.05) is 12.5 Å². The van der Waals surface area contributed by atoms with E-state index in [2.05, 4.69) is 23.3 Å². The first-order valence-electron chi connectivity index (χ1n) is 4.65. The Balaban J connectivity index is 2.20. The number of hydrogen-bond acceptors (Lipinski definition) is 1. The van der Waals surface area contributed by atoms with Crippen molar-refractivity contribution in [1.29, 1.82) is 0 Å². The third kappa shape index (κ3) is 1.89. The number of amidine groups is 1. The molecular formula is C11H13N2. The minimum Gasteiger partial charge on any atom is -0.373 e. The van der Waals surface area contributed by atoms with Crippen molar-refractivity contribution in [3.8, 4) is 0 Å². The monoisotopic (exact) mass is 173 g/mol. The standard InChI is InChI=1S/C11H13N2/c1-9-7-8-12-11(9)13-10-5-3-2-4-6-10/h2-3,5-6,9H,7-8H2,1H3,(H,12,13). The highest BCUT2D eigenvalue weighted by atomic mass is 15.0. The van der Waals surface area contributed by atoms with Gasteiger partial charge in [0.1, 0.15) is 5.84 Å². The Morgan fingerprint density at radius 3 is 3.15 bits per heavy atom. The van der Waals surface area contributed by atoms with E-state index in [4.69, 9.17) is 0 Å². The molecule has 0 bridgehead atoms. The lowest BCUT2D eigenvalue weighted by Crippen LogP contribution is -2.17. The minimum atomic E-state index is 0.570. The van der Waals surface area contributed by atoms with Crippen LogP contribution < -0.4 is 5.32 Å². The number of rotatable bonds is 1. The third-order valence-electron chi connectivity index (χ3n) is 2.29. The van der Waals surface area contributed by atoms with Crippen LogP contribution in [0.5, 0.6) is 0 Å². The van der Waals surface area contributed by atoms with Gasteiger partial charge in [0.15, 0.2) is 0 Å². The Morgan fingerprint density at radius 2 is 2.54 bits per heavy atom. The van der Waals surface area contributed by atoms with Crippen LogP contribution in [0.4, 0.5) is 5.69 Å². The van der Waals surface area contributed by atoms with E-state index in [0.29, 0.717) is 5.92 Å². The molecule has 1 aliphatic rings. The van der Waals surface area contributed by atoms with Gasteiger partial charge in [-0.3, -0.25) is 0 Å². The molecule has 1 unspecified atom stereocenters. The molecule has 1 N–H and O–H groups in total. The smallest absolute Gasteiger partial charge is 0.105 e. The van der Waals surface area contributed by atoms with Gasteiger partial charge in [0.05, 0.1) is 5.69 Å². The lowest BCUT2D eigenvalue weighted by molar-refractivity contribution is 0.756. The molecule has 1 aromatic rings. The number of nitrogens with zero attached hydrogens (tertiary/aromatic N) is 1. The lowest BCUT2D eigenvalue weighted by atomic mass is 10.1. The fourth-order valence-corrected chi connectivity index (χ4v) is 1.47. The van der Waals surface area contributed by atoms with Crippen LogP contribution in [0.15, 0.2) is 29.3 Å². The van der Waals surface area contributed by atoms with Gasteiger partial charge in [0.25, 0.3) is 0 Å². The molecule has 1 saturated heterocycles. The van der Waals surface area contributed by atoms with E-state index in [0.717, 1.165) is 18.1 Å². The maximum absolute atomic E-state index is 4.51. The van der Waals surface area contributed by atoms with Crippen LogP contribution in [0.1, 0.15) is 13.3 Å². The summed E-state index contributed by atoms with van der Waals surface area (Å²) in [5, 5.41) is 3.29. The van der Waals surface area contributed by atoms with E-state index in [1.54, 1.807) is 0 Å². The molecule has 0 aromatic heterocycles. The Morgan fingerprint density at radius 1 is 1.62 bits per heavy atom. The SMILES string of the molecule is CC1CCNC1=Nc1c[c]ccc1. The zero-order valence-corrected chi connectivity index (χ0v) is 7.75. The Bertz CT molecular complexity index is 303. The second-order valence-electron chi connectivity index (χ2n) is 3.38. The third-order valence-corrected chi connectivity index (χ3v) is 2.29. The maximum Gasteiger partial charge on any atom is 0.105 e. The van der Waals surface area contributed by atoms with E-state index in [-0.39, 0.29) is 0 Å². The van der Waals surface area contributed by atoms with Gasteiger partial charge in [0.2, 0.25) is 0 Å². The van der Waals surface area contributed by atoms with Crippen LogP contribution in [-0.4, -0.2) is 12.4 Å². The summed E-state index contributed by atoms with van der Waals surface area (Å²) in [4.78, 5) is 4.51. The van der Waals surface area contributed by atoms with Gasteiger partial charge >= 0.3 is 0 Å². The van der Waals surface area contributed by atoms with E-state index >= 15 is 0 Å². The molecule has 0 aliphatic carbocycles. The van der Waals surface area contributed by atoms with E-state index in [9.17, 15) is 0 Å². The first-order valence-corrected chi connectivity index (χ1v) is 4.65. The summed E-state index contributed by atoms with van der Waals surface area (Å²) in [5.74, 6) is 1.68. The Hall–Kier alpha value is -1.31. The van der Waals surface area contributed by atoms with Crippen molar-refractivity contribution in [3.63, 3.8) is 0 Å². The van der Waals surface area contributed by atoms with E-state index in [1.165, 1.54) is 6.42 Å². The second kappa shape index (κ2) is 3.60. The van der Waals surface area contributed by atoms with Gasteiger partial charge in [-0.25, -0.2) is 4.99 Å². The summed E-state index contributed by atoms with van der Waals surface area (Å²) in [6.45, 7) is 3.25. The fraction of sp³-hybridized carbons (Fsp3) is 0.364. The summed E-state index contributed by atoms with van der Waals surface area (Å²) < 4.78 is 0. The number of nitrogens with one attached hydrogen (secondary N) is 1. The molecule has 2 nitrogen and oxygen atoms in total. The summed E-state index contributed by atoms with van der Waals surface area (Å²) in [7, 11) is 0. The number of hydrogen-bond donors (Lipinski definition) is 1. The summed E-state index contributed by atoms with van der Waals surface area (Å²) in [6, 6.07) is 10.8. The van der Waals surface area contributed by atoms with Crippen molar-refractivity contribution >= 4 is 11.5 Å². The van der Waals surface area contributed by atoms with Crippen LogP contribution >= 0.6 is 0 Å². The number of aliphatic imine (C=N–C) groups is 1. The topological polar surface area (TPSA) is 24.4 Å². The molecule has 0 saturated carbocycles. The van der Waals surface area contributed by atoms with E-state index in [1.807, 2.05) is 24.3 Å². The van der Waals surface area contributed by atoms with Crippen molar-refractivity contribution in [2.75, 3.05) is 6.54 Å². The summed E-state index contributed by atoms with van der Waals surface area (Å²) >= 11 is 0. The molecule has 1 aromatic carbocycles. The quantitative estimate of drug-likeness (QED) is 0.691. The predicted octanol–water partition coefficient (Wildman–Crippen LogP) is 2.15. The maximum atomic E-state index is 4.51. The molecule has 2 heteroatoms. The molecule has 1 aliphatic heterocycles. The molecule has 1 radical (unpaired) electrons. The highest BCUT2D eigenvalue weighted by molar-refractivity contribution is 5.88. The van der Waals surface area contributed by atoms with Crippen molar-refractivity contribution in [3.05, 3.63) is 30.3 Å². The van der Waals surface area contributed by atoms with E-state index < -0.39 is 0 Å².